The van der Waals surface area contributed by atoms with Gasteiger partial charge in [0.1, 0.15) is 0 Å². The molecule has 1 aromatic rings. The molecule has 1 aliphatic rings. The predicted octanol–water partition coefficient (Wildman–Crippen LogP) is 2.25. The number of likely N-dealkylation sites (N-methyl/N-ethyl adjacent to an activating group) is 1. The molecule has 3 heteroatoms. The molecule has 0 N–H and O–H groups in total. The number of hydrogen-bond acceptors (Lipinski definition) is 2. The summed E-state index contributed by atoms with van der Waals surface area (Å²) in [5.74, 6) is 0.108. The Labute approximate surface area is 115 Å². The molecule has 1 saturated heterocycles. The number of rotatable bonds is 2. The zero-order valence-electron chi connectivity index (χ0n) is 11.9. The lowest BCUT2D eigenvalue weighted by Gasteiger charge is -2.42. The summed E-state index contributed by atoms with van der Waals surface area (Å²) >= 11 is 0. The first kappa shape index (κ1) is 13.8. The van der Waals surface area contributed by atoms with E-state index in [1.165, 1.54) is 0 Å². The zero-order chi connectivity index (χ0) is 13.8. The van der Waals surface area contributed by atoms with Gasteiger partial charge in [0.05, 0.1) is 0 Å². The normalized spacial score (nSPS) is 24.9. The summed E-state index contributed by atoms with van der Waals surface area (Å²) in [5, 5.41) is 0. The van der Waals surface area contributed by atoms with Gasteiger partial charge in [0.25, 0.3) is 0 Å². The van der Waals surface area contributed by atoms with Gasteiger partial charge in [-0.2, -0.15) is 0 Å². The van der Waals surface area contributed by atoms with Crippen molar-refractivity contribution in [3.05, 3.63) is 42.0 Å². The first-order valence-corrected chi connectivity index (χ1v) is 6.82. The third kappa shape index (κ3) is 3.44. The molecule has 0 bridgehead atoms. The Hall–Kier alpha value is -1.61. The van der Waals surface area contributed by atoms with E-state index in [1.807, 2.05) is 41.3 Å². The number of carbonyl (C=O) groups is 1. The van der Waals surface area contributed by atoms with Crippen LogP contribution in [0, 0.1) is 0 Å². The lowest BCUT2D eigenvalue weighted by Crippen LogP contribution is -2.56. The average Bonchev–Trinajstić information content (AvgIpc) is 2.41. The van der Waals surface area contributed by atoms with Crippen LogP contribution in [0.5, 0.6) is 0 Å². The van der Waals surface area contributed by atoms with E-state index in [0.717, 1.165) is 18.7 Å². The number of piperazine rings is 1. The first-order valence-electron chi connectivity index (χ1n) is 6.82. The lowest BCUT2D eigenvalue weighted by atomic mass is 10.1. The molecule has 0 aliphatic carbocycles. The van der Waals surface area contributed by atoms with Crippen molar-refractivity contribution in [1.82, 2.24) is 9.80 Å². The van der Waals surface area contributed by atoms with Crippen LogP contribution in [0.4, 0.5) is 0 Å². The van der Waals surface area contributed by atoms with Crippen LogP contribution in [0.15, 0.2) is 36.4 Å². The van der Waals surface area contributed by atoms with Gasteiger partial charge in [0, 0.05) is 31.2 Å². The van der Waals surface area contributed by atoms with Crippen LogP contribution in [-0.4, -0.2) is 47.9 Å². The van der Waals surface area contributed by atoms with Gasteiger partial charge >= 0.3 is 0 Å². The maximum absolute atomic E-state index is 12.3. The molecule has 3 nitrogen and oxygen atoms in total. The Kier molecular flexibility index (Phi) is 4.38. The van der Waals surface area contributed by atoms with E-state index in [1.54, 1.807) is 6.08 Å². The van der Waals surface area contributed by atoms with Gasteiger partial charge in [0.2, 0.25) is 5.91 Å². The minimum absolute atomic E-state index is 0.108. The fraction of sp³-hybridized carbons (Fsp3) is 0.438. The van der Waals surface area contributed by atoms with E-state index >= 15 is 0 Å². The van der Waals surface area contributed by atoms with Crippen LogP contribution in [-0.2, 0) is 4.79 Å². The van der Waals surface area contributed by atoms with Crippen molar-refractivity contribution in [3.8, 4) is 0 Å². The third-order valence-corrected chi connectivity index (χ3v) is 3.80. The summed E-state index contributed by atoms with van der Waals surface area (Å²) in [4.78, 5) is 16.5. The molecule has 0 radical (unpaired) electrons. The van der Waals surface area contributed by atoms with E-state index < -0.39 is 0 Å². The Morgan fingerprint density at radius 3 is 2.53 bits per heavy atom. The van der Waals surface area contributed by atoms with E-state index in [9.17, 15) is 4.79 Å². The molecule has 2 rings (SSSR count). The molecule has 1 amide bonds. The smallest absolute Gasteiger partial charge is 0.246 e. The molecule has 1 fully saturated rings. The molecule has 0 spiro atoms. The van der Waals surface area contributed by atoms with Crippen LogP contribution in [0.25, 0.3) is 6.08 Å². The van der Waals surface area contributed by atoms with Crippen molar-refractivity contribution < 1.29 is 4.79 Å². The summed E-state index contributed by atoms with van der Waals surface area (Å²) in [6.07, 6.45) is 3.57. The van der Waals surface area contributed by atoms with Gasteiger partial charge in [-0.1, -0.05) is 30.3 Å². The Balaban J connectivity index is 2.02. The van der Waals surface area contributed by atoms with Crippen molar-refractivity contribution in [2.45, 2.75) is 25.9 Å². The van der Waals surface area contributed by atoms with Crippen molar-refractivity contribution >= 4 is 12.0 Å². The summed E-state index contributed by atoms with van der Waals surface area (Å²) in [7, 11) is 2.11. The van der Waals surface area contributed by atoms with Crippen molar-refractivity contribution in [2.75, 3.05) is 20.1 Å². The maximum atomic E-state index is 12.3. The molecule has 102 valence electrons. The molecule has 0 unspecified atom stereocenters. The molecule has 1 aliphatic heterocycles. The summed E-state index contributed by atoms with van der Waals surface area (Å²) in [6, 6.07) is 10.6. The van der Waals surface area contributed by atoms with Crippen LogP contribution in [0.1, 0.15) is 19.4 Å². The molecule has 19 heavy (non-hydrogen) atoms. The van der Waals surface area contributed by atoms with Crippen molar-refractivity contribution in [2.24, 2.45) is 0 Å². The number of benzene rings is 1. The molecular weight excluding hydrogens is 236 g/mol. The molecule has 1 aromatic carbocycles. The molecule has 0 saturated carbocycles. The highest BCUT2D eigenvalue weighted by Gasteiger charge is 2.28. The quantitative estimate of drug-likeness (QED) is 0.760. The Morgan fingerprint density at radius 1 is 1.16 bits per heavy atom. The standard InChI is InChI=1S/C16H22N2O/c1-13-12-18(14(2)11-17(13)3)16(19)10-9-15-7-5-4-6-8-15/h4-10,13-14H,11-12H2,1-3H3/t13-,14-/m0/s1. The SMILES string of the molecule is C[C@H]1CN(C(=O)C=Cc2ccccc2)[C@@H](C)CN1C. The van der Waals surface area contributed by atoms with E-state index in [-0.39, 0.29) is 11.9 Å². The minimum atomic E-state index is 0.108. The van der Waals surface area contributed by atoms with Gasteiger partial charge in [-0.05, 0) is 32.5 Å². The van der Waals surface area contributed by atoms with Gasteiger partial charge in [-0.3, -0.25) is 9.69 Å². The second-order valence-corrected chi connectivity index (χ2v) is 5.37. The highest BCUT2D eigenvalue weighted by atomic mass is 16.2. The second-order valence-electron chi connectivity index (χ2n) is 5.37. The molecule has 1 heterocycles. The molecular formula is C16H22N2O. The Morgan fingerprint density at radius 2 is 1.84 bits per heavy atom. The van der Waals surface area contributed by atoms with Gasteiger partial charge in [-0.15, -0.1) is 0 Å². The summed E-state index contributed by atoms with van der Waals surface area (Å²) in [5.41, 5.74) is 1.06. The number of nitrogens with zero attached hydrogens (tertiary/aromatic N) is 2. The highest BCUT2D eigenvalue weighted by molar-refractivity contribution is 5.92. The van der Waals surface area contributed by atoms with Crippen molar-refractivity contribution in [3.63, 3.8) is 0 Å². The summed E-state index contributed by atoms with van der Waals surface area (Å²) < 4.78 is 0. The topological polar surface area (TPSA) is 23.6 Å². The van der Waals surface area contributed by atoms with Crippen LogP contribution in [0.2, 0.25) is 0 Å². The first-order chi connectivity index (χ1) is 9.08. The number of carbonyl (C=O) groups excluding carboxylic acids is 1. The minimum Gasteiger partial charge on any atom is -0.334 e. The Bertz CT molecular complexity index is 455. The zero-order valence-corrected chi connectivity index (χ0v) is 11.9. The lowest BCUT2D eigenvalue weighted by molar-refractivity contribution is -0.131. The van der Waals surface area contributed by atoms with Crippen LogP contribution >= 0.6 is 0 Å². The molecule has 0 aromatic heterocycles. The van der Waals surface area contributed by atoms with Crippen LogP contribution in [0.3, 0.4) is 0 Å². The van der Waals surface area contributed by atoms with Crippen molar-refractivity contribution in [1.29, 1.82) is 0 Å². The predicted molar refractivity (Wildman–Crippen MR) is 78.7 cm³/mol. The van der Waals surface area contributed by atoms with E-state index in [4.69, 9.17) is 0 Å². The second kappa shape index (κ2) is 6.02. The molecule has 2 atom stereocenters. The summed E-state index contributed by atoms with van der Waals surface area (Å²) in [6.45, 7) is 6.01. The fourth-order valence-corrected chi connectivity index (χ4v) is 2.43. The number of hydrogen-bond donors (Lipinski definition) is 0. The third-order valence-electron chi connectivity index (χ3n) is 3.80. The average molecular weight is 258 g/mol. The fourth-order valence-electron chi connectivity index (χ4n) is 2.43. The maximum Gasteiger partial charge on any atom is 0.246 e. The number of amides is 1. The largest absolute Gasteiger partial charge is 0.334 e. The van der Waals surface area contributed by atoms with Gasteiger partial charge in [-0.25, -0.2) is 0 Å². The van der Waals surface area contributed by atoms with Gasteiger partial charge in [0.15, 0.2) is 0 Å². The van der Waals surface area contributed by atoms with Crippen LogP contribution < -0.4 is 0 Å². The van der Waals surface area contributed by atoms with E-state index in [0.29, 0.717) is 6.04 Å². The van der Waals surface area contributed by atoms with E-state index in [2.05, 4.69) is 25.8 Å². The highest BCUT2D eigenvalue weighted by Crippen LogP contribution is 2.14. The van der Waals surface area contributed by atoms with Gasteiger partial charge < -0.3 is 4.90 Å². The monoisotopic (exact) mass is 258 g/mol.